The molecule has 1 aliphatic heterocycles. The third kappa shape index (κ3) is 1.47. The van der Waals surface area contributed by atoms with Crippen molar-refractivity contribution in [1.29, 1.82) is 0 Å². The van der Waals surface area contributed by atoms with Gasteiger partial charge in [0, 0.05) is 12.6 Å². The first-order valence-electron chi connectivity index (χ1n) is 2.55. The summed E-state index contributed by atoms with van der Waals surface area (Å²) in [7, 11) is 1.58. The molecule has 1 atom stereocenters. The van der Waals surface area contributed by atoms with Crippen LogP contribution in [0, 0.1) is 0 Å². The van der Waals surface area contributed by atoms with Gasteiger partial charge in [-0.25, -0.2) is 0 Å². The zero-order chi connectivity index (χ0) is 6.69. The first-order chi connectivity index (χ1) is 4.36. The number of ether oxygens (including phenoxy) is 2. The van der Waals surface area contributed by atoms with E-state index in [2.05, 4.69) is 0 Å². The van der Waals surface area contributed by atoms with Gasteiger partial charge in [-0.1, -0.05) is 11.6 Å². The molecule has 0 spiro atoms. The lowest BCUT2D eigenvalue weighted by molar-refractivity contribution is -0.0445. The van der Waals surface area contributed by atoms with Crippen molar-refractivity contribution < 1.29 is 9.47 Å². The van der Waals surface area contributed by atoms with E-state index in [1.54, 1.807) is 19.3 Å². The largest absolute Gasteiger partial charge is 0.460 e. The van der Waals surface area contributed by atoms with Gasteiger partial charge >= 0.3 is 0 Å². The van der Waals surface area contributed by atoms with Crippen molar-refractivity contribution in [3.63, 3.8) is 0 Å². The second kappa shape index (κ2) is 2.90. The van der Waals surface area contributed by atoms with Crippen molar-refractivity contribution in [3.05, 3.63) is 23.4 Å². The Morgan fingerprint density at radius 1 is 1.89 bits per heavy atom. The fourth-order valence-corrected chi connectivity index (χ4v) is 0.699. The van der Waals surface area contributed by atoms with Crippen LogP contribution in [-0.4, -0.2) is 13.4 Å². The molecule has 50 valence electrons. The number of hydrogen-bond acceptors (Lipinski definition) is 2. The van der Waals surface area contributed by atoms with E-state index in [1.807, 2.05) is 0 Å². The van der Waals surface area contributed by atoms with Crippen LogP contribution in [0.1, 0.15) is 0 Å². The molecule has 1 heterocycles. The molecule has 0 saturated heterocycles. The van der Waals surface area contributed by atoms with Gasteiger partial charge in [-0.05, 0) is 12.2 Å². The van der Waals surface area contributed by atoms with Crippen LogP contribution < -0.4 is 0 Å². The Kier molecular flexibility index (Phi) is 2.14. The minimum atomic E-state index is -0.255. The van der Waals surface area contributed by atoms with E-state index in [9.17, 15) is 0 Å². The third-order valence-corrected chi connectivity index (χ3v) is 1.22. The van der Waals surface area contributed by atoms with Gasteiger partial charge in [-0.15, -0.1) is 0 Å². The lowest BCUT2D eigenvalue weighted by atomic mass is 10.5. The van der Waals surface area contributed by atoms with E-state index < -0.39 is 0 Å². The molecule has 0 radical (unpaired) electrons. The van der Waals surface area contributed by atoms with Crippen molar-refractivity contribution in [3.8, 4) is 0 Å². The van der Waals surface area contributed by atoms with Crippen molar-refractivity contribution in [2.24, 2.45) is 0 Å². The molecule has 0 aliphatic carbocycles. The molecule has 0 amide bonds. The predicted octanol–water partition coefficient (Wildman–Crippen LogP) is 1.63. The van der Waals surface area contributed by atoms with Crippen LogP contribution in [0.4, 0.5) is 0 Å². The summed E-state index contributed by atoms with van der Waals surface area (Å²) in [5.41, 5.74) is 1.37. The Hall–Kier alpha value is -0.470. The maximum absolute atomic E-state index is 5.34. The van der Waals surface area contributed by atoms with Crippen LogP contribution in [-0.2, 0) is 9.47 Å². The average Bonchev–Trinajstić information content (AvgIpc) is 2.34. The summed E-state index contributed by atoms with van der Waals surface area (Å²) in [5.74, 6) is 0.642. The number of halogens is 1. The van der Waals surface area contributed by atoms with Crippen LogP contribution in [0.5, 0.6) is 0 Å². The predicted molar refractivity (Wildman–Crippen MR) is 35.0 cm³/mol. The van der Waals surface area contributed by atoms with E-state index >= 15 is 0 Å². The summed E-state index contributed by atoms with van der Waals surface area (Å²) in [6, 6.07) is 0. The Bertz CT molecular complexity index is 151. The quantitative estimate of drug-likeness (QED) is 0.560. The van der Waals surface area contributed by atoms with Crippen LogP contribution in [0.2, 0.25) is 0 Å². The minimum Gasteiger partial charge on any atom is -0.460 e. The number of methoxy groups -OCH3 is 1. The minimum absolute atomic E-state index is 0.255. The fourth-order valence-electron chi connectivity index (χ4n) is 0.575. The topological polar surface area (TPSA) is 18.5 Å². The highest BCUT2D eigenvalue weighted by atomic mass is 35.5. The maximum atomic E-state index is 5.34. The SMILES string of the molecule is COC1C=C/C(=C/Cl)O1. The van der Waals surface area contributed by atoms with Crippen molar-refractivity contribution in [1.82, 2.24) is 0 Å². The molecule has 0 N–H and O–H groups in total. The number of rotatable bonds is 1. The molecule has 2 nitrogen and oxygen atoms in total. The zero-order valence-electron chi connectivity index (χ0n) is 5.00. The molecule has 1 unspecified atom stereocenters. The Morgan fingerprint density at radius 3 is 3.00 bits per heavy atom. The van der Waals surface area contributed by atoms with Crippen molar-refractivity contribution in [2.75, 3.05) is 7.11 Å². The molecule has 0 fully saturated rings. The Morgan fingerprint density at radius 2 is 2.67 bits per heavy atom. The van der Waals surface area contributed by atoms with Gasteiger partial charge in [0.05, 0.1) is 0 Å². The monoisotopic (exact) mass is 146 g/mol. The molecular formula is C6H7ClO2. The summed E-state index contributed by atoms with van der Waals surface area (Å²) in [4.78, 5) is 0. The maximum Gasteiger partial charge on any atom is 0.219 e. The Balaban J connectivity index is 2.50. The fraction of sp³-hybridized carbons (Fsp3) is 0.333. The van der Waals surface area contributed by atoms with Gasteiger partial charge in [0.2, 0.25) is 6.29 Å². The highest BCUT2D eigenvalue weighted by molar-refractivity contribution is 6.25. The van der Waals surface area contributed by atoms with E-state index in [0.29, 0.717) is 5.76 Å². The van der Waals surface area contributed by atoms with Gasteiger partial charge in [-0.3, -0.25) is 0 Å². The van der Waals surface area contributed by atoms with Crippen LogP contribution in [0.25, 0.3) is 0 Å². The number of allylic oxidation sites excluding steroid dienone is 1. The average molecular weight is 147 g/mol. The van der Waals surface area contributed by atoms with Crippen LogP contribution >= 0.6 is 11.6 Å². The molecule has 1 rings (SSSR count). The summed E-state index contributed by atoms with van der Waals surface area (Å²) in [6.45, 7) is 0. The van der Waals surface area contributed by atoms with Gasteiger partial charge in [0.15, 0.2) is 0 Å². The zero-order valence-corrected chi connectivity index (χ0v) is 5.76. The van der Waals surface area contributed by atoms with E-state index in [4.69, 9.17) is 21.1 Å². The molecule has 0 aromatic rings. The highest BCUT2D eigenvalue weighted by Gasteiger charge is 2.10. The smallest absolute Gasteiger partial charge is 0.219 e. The van der Waals surface area contributed by atoms with Crippen LogP contribution in [0.3, 0.4) is 0 Å². The lowest BCUT2D eigenvalue weighted by Gasteiger charge is -2.05. The van der Waals surface area contributed by atoms with Crippen LogP contribution in [0.15, 0.2) is 23.4 Å². The third-order valence-electron chi connectivity index (χ3n) is 1.01. The molecule has 0 aromatic carbocycles. The van der Waals surface area contributed by atoms with Crippen molar-refractivity contribution >= 4 is 11.6 Å². The second-order valence-electron chi connectivity index (χ2n) is 1.59. The number of hydrogen-bond donors (Lipinski definition) is 0. The lowest BCUT2D eigenvalue weighted by Crippen LogP contribution is -2.04. The van der Waals surface area contributed by atoms with Gasteiger partial charge < -0.3 is 9.47 Å². The first kappa shape index (κ1) is 6.65. The molecule has 1 aliphatic rings. The standard InChI is InChI=1S/C6H7ClO2/c1-8-6-3-2-5(4-7)9-6/h2-4,6H,1H3/b5-4-. The van der Waals surface area contributed by atoms with Gasteiger partial charge in [0.1, 0.15) is 5.76 Å². The summed E-state index contributed by atoms with van der Waals surface area (Å²) in [6.07, 6.45) is 3.30. The summed E-state index contributed by atoms with van der Waals surface area (Å²) in [5, 5.41) is 0. The molecule has 3 heteroatoms. The molecule has 0 aromatic heterocycles. The van der Waals surface area contributed by atoms with E-state index in [-0.39, 0.29) is 6.29 Å². The molecule has 0 bridgehead atoms. The highest BCUT2D eigenvalue weighted by Crippen LogP contribution is 2.15. The molecular weight excluding hydrogens is 140 g/mol. The molecule has 9 heavy (non-hydrogen) atoms. The van der Waals surface area contributed by atoms with E-state index in [1.165, 1.54) is 5.54 Å². The molecule has 0 saturated carbocycles. The van der Waals surface area contributed by atoms with Gasteiger partial charge in [0.25, 0.3) is 0 Å². The van der Waals surface area contributed by atoms with E-state index in [0.717, 1.165) is 0 Å². The summed E-state index contributed by atoms with van der Waals surface area (Å²) >= 11 is 5.34. The van der Waals surface area contributed by atoms with Gasteiger partial charge in [-0.2, -0.15) is 0 Å². The first-order valence-corrected chi connectivity index (χ1v) is 2.98. The second-order valence-corrected chi connectivity index (χ2v) is 1.81. The Labute approximate surface area is 58.7 Å². The van der Waals surface area contributed by atoms with Crippen molar-refractivity contribution in [2.45, 2.75) is 6.29 Å². The normalized spacial score (nSPS) is 29.1. The summed E-state index contributed by atoms with van der Waals surface area (Å²) < 4.78 is 9.89.